The summed E-state index contributed by atoms with van der Waals surface area (Å²) in [4.78, 5) is 24.4. The van der Waals surface area contributed by atoms with E-state index in [0.717, 1.165) is 5.56 Å². The molecule has 0 aliphatic heterocycles. The number of hydrogen-bond acceptors (Lipinski definition) is 4. The van der Waals surface area contributed by atoms with Crippen molar-refractivity contribution in [1.82, 2.24) is 5.32 Å². The van der Waals surface area contributed by atoms with E-state index >= 15 is 0 Å². The molecule has 0 heterocycles. The van der Waals surface area contributed by atoms with E-state index in [1.807, 2.05) is 26.0 Å². The molecule has 28 heavy (non-hydrogen) atoms. The van der Waals surface area contributed by atoms with Crippen LogP contribution in [-0.2, 0) is 16.1 Å². The van der Waals surface area contributed by atoms with Crippen LogP contribution >= 0.6 is 0 Å². The first kappa shape index (κ1) is 21.6. The average Bonchev–Trinajstić information content (AvgIpc) is 2.70. The summed E-state index contributed by atoms with van der Waals surface area (Å²) in [6, 6.07) is 14.5. The standard InChI is InChI=1S/C23H29NO4/c1-15(2)18-9-11-19(12-10-18)22(16(3)4)24-21(26)14-28-23(27)20-7-5-17(13-25)6-8-20/h5-12,15-16,22,25H,13-14H2,1-4H3,(H,24,26)/t22-/m1/s1. The molecule has 1 atom stereocenters. The highest BCUT2D eigenvalue weighted by molar-refractivity contribution is 5.91. The van der Waals surface area contributed by atoms with Crippen LogP contribution in [0.3, 0.4) is 0 Å². The van der Waals surface area contributed by atoms with E-state index in [1.54, 1.807) is 24.3 Å². The van der Waals surface area contributed by atoms with Crippen LogP contribution in [-0.4, -0.2) is 23.6 Å². The Morgan fingerprint density at radius 3 is 2.00 bits per heavy atom. The Bertz CT molecular complexity index is 779. The van der Waals surface area contributed by atoms with Gasteiger partial charge in [0.15, 0.2) is 6.61 Å². The van der Waals surface area contributed by atoms with E-state index in [-0.39, 0.29) is 31.1 Å². The number of carbonyl (C=O) groups is 2. The van der Waals surface area contributed by atoms with Crippen LogP contribution in [0.1, 0.15) is 66.7 Å². The molecule has 0 spiro atoms. The maximum absolute atomic E-state index is 12.3. The third-order valence-electron chi connectivity index (χ3n) is 4.65. The van der Waals surface area contributed by atoms with Crippen molar-refractivity contribution in [3.05, 3.63) is 70.8 Å². The first-order valence-electron chi connectivity index (χ1n) is 9.58. The van der Waals surface area contributed by atoms with Gasteiger partial charge in [0, 0.05) is 0 Å². The van der Waals surface area contributed by atoms with Crippen LogP contribution in [0.4, 0.5) is 0 Å². The Balaban J connectivity index is 1.95. The van der Waals surface area contributed by atoms with Crippen molar-refractivity contribution in [2.75, 3.05) is 6.61 Å². The molecular formula is C23H29NO4. The molecule has 0 fully saturated rings. The highest BCUT2D eigenvalue weighted by atomic mass is 16.5. The molecule has 5 heteroatoms. The molecule has 0 aliphatic carbocycles. The zero-order valence-electron chi connectivity index (χ0n) is 16.9. The lowest BCUT2D eigenvalue weighted by atomic mass is 9.93. The van der Waals surface area contributed by atoms with Crippen molar-refractivity contribution in [3.63, 3.8) is 0 Å². The maximum atomic E-state index is 12.3. The van der Waals surface area contributed by atoms with Crippen molar-refractivity contribution in [1.29, 1.82) is 0 Å². The van der Waals surface area contributed by atoms with Gasteiger partial charge in [-0.2, -0.15) is 0 Å². The Morgan fingerprint density at radius 1 is 0.929 bits per heavy atom. The summed E-state index contributed by atoms with van der Waals surface area (Å²) in [7, 11) is 0. The van der Waals surface area contributed by atoms with Crippen molar-refractivity contribution >= 4 is 11.9 Å². The molecule has 0 unspecified atom stereocenters. The minimum Gasteiger partial charge on any atom is -0.452 e. The number of aliphatic hydroxyl groups excluding tert-OH is 1. The van der Waals surface area contributed by atoms with E-state index in [9.17, 15) is 9.59 Å². The van der Waals surface area contributed by atoms with Crippen LogP contribution in [0.2, 0.25) is 0 Å². The number of rotatable bonds is 8. The second-order valence-electron chi connectivity index (χ2n) is 7.54. The summed E-state index contributed by atoms with van der Waals surface area (Å²) in [5.74, 6) is -0.267. The first-order valence-corrected chi connectivity index (χ1v) is 9.58. The Labute approximate surface area is 166 Å². The summed E-state index contributed by atoms with van der Waals surface area (Å²) >= 11 is 0. The fourth-order valence-corrected chi connectivity index (χ4v) is 2.90. The van der Waals surface area contributed by atoms with Gasteiger partial charge in [-0.1, -0.05) is 64.1 Å². The minimum atomic E-state index is -0.568. The van der Waals surface area contributed by atoms with E-state index in [4.69, 9.17) is 9.84 Å². The number of hydrogen-bond donors (Lipinski definition) is 2. The van der Waals surface area contributed by atoms with Gasteiger partial charge >= 0.3 is 5.97 Å². The molecule has 0 radical (unpaired) electrons. The molecule has 0 saturated carbocycles. The lowest BCUT2D eigenvalue weighted by molar-refractivity contribution is -0.125. The molecule has 1 amide bonds. The van der Waals surface area contributed by atoms with Crippen LogP contribution in [0, 0.1) is 5.92 Å². The van der Waals surface area contributed by atoms with Gasteiger partial charge in [0.05, 0.1) is 18.2 Å². The third-order valence-corrected chi connectivity index (χ3v) is 4.65. The predicted octanol–water partition coefficient (Wildman–Crippen LogP) is 3.97. The van der Waals surface area contributed by atoms with Gasteiger partial charge in [-0.05, 0) is 40.7 Å². The van der Waals surface area contributed by atoms with E-state index < -0.39 is 5.97 Å². The number of benzene rings is 2. The number of aliphatic hydroxyl groups is 1. The Hall–Kier alpha value is -2.66. The molecule has 2 aromatic carbocycles. The SMILES string of the molecule is CC(C)c1ccc([C@H](NC(=O)COC(=O)c2ccc(CO)cc2)C(C)C)cc1. The van der Waals surface area contributed by atoms with Crippen molar-refractivity contribution in [2.24, 2.45) is 5.92 Å². The average molecular weight is 383 g/mol. The number of ether oxygens (including phenoxy) is 1. The molecule has 5 nitrogen and oxygen atoms in total. The van der Waals surface area contributed by atoms with Crippen molar-refractivity contribution in [3.8, 4) is 0 Å². The molecule has 0 bridgehead atoms. The molecule has 0 saturated heterocycles. The van der Waals surface area contributed by atoms with Crippen LogP contribution in [0.15, 0.2) is 48.5 Å². The molecule has 0 aromatic heterocycles. The second kappa shape index (κ2) is 10.0. The van der Waals surface area contributed by atoms with E-state index in [1.165, 1.54) is 5.56 Å². The van der Waals surface area contributed by atoms with Crippen LogP contribution < -0.4 is 5.32 Å². The van der Waals surface area contributed by atoms with Crippen molar-refractivity contribution < 1.29 is 19.4 Å². The second-order valence-corrected chi connectivity index (χ2v) is 7.54. The van der Waals surface area contributed by atoms with Gasteiger partial charge in [-0.15, -0.1) is 0 Å². The highest BCUT2D eigenvalue weighted by Crippen LogP contribution is 2.24. The van der Waals surface area contributed by atoms with Crippen LogP contribution in [0.25, 0.3) is 0 Å². The van der Waals surface area contributed by atoms with Crippen LogP contribution in [0.5, 0.6) is 0 Å². The molecular weight excluding hydrogens is 354 g/mol. The Kier molecular flexibility index (Phi) is 7.76. The topological polar surface area (TPSA) is 75.6 Å². The third kappa shape index (κ3) is 5.92. The summed E-state index contributed by atoms with van der Waals surface area (Å²) < 4.78 is 5.12. The molecule has 0 aliphatic rings. The first-order chi connectivity index (χ1) is 13.3. The van der Waals surface area contributed by atoms with Gasteiger partial charge in [-0.25, -0.2) is 4.79 Å². The minimum absolute atomic E-state index is 0.0908. The molecule has 150 valence electrons. The van der Waals surface area contributed by atoms with Gasteiger partial charge in [0.25, 0.3) is 5.91 Å². The molecule has 2 aromatic rings. The summed E-state index contributed by atoms with van der Waals surface area (Å²) in [5, 5.41) is 12.0. The number of nitrogens with one attached hydrogen (secondary N) is 1. The Morgan fingerprint density at radius 2 is 1.50 bits per heavy atom. The number of esters is 1. The van der Waals surface area contributed by atoms with Crippen molar-refractivity contribution in [2.45, 2.75) is 46.3 Å². The maximum Gasteiger partial charge on any atom is 0.338 e. The summed E-state index contributed by atoms with van der Waals surface area (Å²) in [5.41, 5.74) is 3.32. The van der Waals surface area contributed by atoms with Gasteiger partial charge in [-0.3, -0.25) is 4.79 Å². The lowest BCUT2D eigenvalue weighted by Crippen LogP contribution is -2.35. The van der Waals surface area contributed by atoms with Gasteiger partial charge in [0.2, 0.25) is 0 Å². The largest absolute Gasteiger partial charge is 0.452 e. The quantitative estimate of drug-likeness (QED) is 0.676. The molecule has 2 rings (SSSR count). The fraction of sp³-hybridized carbons (Fsp3) is 0.391. The molecule has 2 N–H and O–H groups in total. The van der Waals surface area contributed by atoms with Gasteiger partial charge in [0.1, 0.15) is 0 Å². The van der Waals surface area contributed by atoms with E-state index in [2.05, 4.69) is 31.3 Å². The smallest absolute Gasteiger partial charge is 0.338 e. The zero-order chi connectivity index (χ0) is 20.7. The fourth-order valence-electron chi connectivity index (χ4n) is 2.90. The predicted molar refractivity (Wildman–Crippen MR) is 109 cm³/mol. The normalized spacial score (nSPS) is 12.1. The number of carbonyl (C=O) groups excluding carboxylic acids is 2. The lowest BCUT2D eigenvalue weighted by Gasteiger charge is -2.23. The van der Waals surface area contributed by atoms with E-state index in [0.29, 0.717) is 17.0 Å². The summed E-state index contributed by atoms with van der Waals surface area (Å²) in [6.07, 6.45) is 0. The zero-order valence-corrected chi connectivity index (χ0v) is 16.9. The highest BCUT2D eigenvalue weighted by Gasteiger charge is 2.19. The monoisotopic (exact) mass is 383 g/mol. The van der Waals surface area contributed by atoms with Gasteiger partial charge < -0.3 is 15.2 Å². The number of amides is 1. The summed E-state index contributed by atoms with van der Waals surface area (Å²) in [6.45, 7) is 7.93.